The molecule has 0 aliphatic heterocycles. The van der Waals surface area contributed by atoms with Gasteiger partial charge in [0, 0.05) is 25.3 Å². The van der Waals surface area contributed by atoms with Crippen molar-refractivity contribution in [2.45, 2.75) is 26.7 Å². The Hall–Kier alpha value is -1.02. The fraction of sp³-hybridized carbons (Fsp3) is 0.600. The first-order valence-electron chi connectivity index (χ1n) is 6.73. The lowest BCUT2D eigenvalue weighted by molar-refractivity contribution is 0.341. The summed E-state index contributed by atoms with van der Waals surface area (Å²) in [5, 5.41) is 7.00. The van der Waals surface area contributed by atoms with Gasteiger partial charge in [0.25, 0.3) is 0 Å². The summed E-state index contributed by atoms with van der Waals surface area (Å²) in [6.07, 6.45) is 2.81. The third-order valence-electron chi connectivity index (χ3n) is 4.00. The van der Waals surface area contributed by atoms with Crippen LogP contribution in [0.25, 0.3) is 0 Å². The van der Waals surface area contributed by atoms with Crippen molar-refractivity contribution in [1.29, 1.82) is 0 Å². The first-order valence-corrected chi connectivity index (χ1v) is 6.73. The van der Waals surface area contributed by atoms with E-state index in [1.807, 2.05) is 6.07 Å². The molecule has 0 atom stereocenters. The van der Waals surface area contributed by atoms with Gasteiger partial charge < -0.3 is 10.6 Å². The van der Waals surface area contributed by atoms with Gasteiger partial charge >= 0.3 is 0 Å². The molecule has 1 aromatic carbocycles. The van der Waals surface area contributed by atoms with Crippen molar-refractivity contribution in [2.24, 2.45) is 11.3 Å². The van der Waals surface area contributed by atoms with Gasteiger partial charge in [0.2, 0.25) is 0 Å². The van der Waals surface area contributed by atoms with Crippen LogP contribution in [0.15, 0.2) is 30.3 Å². The highest BCUT2D eigenvalue weighted by atomic mass is 15.0. The third-order valence-corrected chi connectivity index (χ3v) is 4.00. The van der Waals surface area contributed by atoms with E-state index < -0.39 is 0 Å². The van der Waals surface area contributed by atoms with Crippen molar-refractivity contribution < 1.29 is 0 Å². The van der Waals surface area contributed by atoms with Crippen LogP contribution in [0, 0.1) is 11.3 Å². The zero-order valence-electron chi connectivity index (χ0n) is 11.0. The Labute approximate surface area is 105 Å². The molecule has 0 bridgehead atoms. The van der Waals surface area contributed by atoms with Crippen LogP contribution in [0.5, 0.6) is 0 Å². The zero-order chi connectivity index (χ0) is 12.1. The zero-order valence-corrected chi connectivity index (χ0v) is 11.0. The molecule has 94 valence electrons. The van der Waals surface area contributed by atoms with Gasteiger partial charge in [0.1, 0.15) is 0 Å². The van der Waals surface area contributed by atoms with Crippen molar-refractivity contribution in [3.05, 3.63) is 30.3 Å². The van der Waals surface area contributed by atoms with E-state index in [4.69, 9.17) is 0 Å². The van der Waals surface area contributed by atoms with E-state index in [0.717, 1.165) is 19.0 Å². The Bertz CT molecular complexity index is 328. The molecule has 2 heteroatoms. The van der Waals surface area contributed by atoms with Crippen LogP contribution in [0.1, 0.15) is 26.7 Å². The number of hydrogen-bond donors (Lipinski definition) is 2. The highest BCUT2D eigenvalue weighted by Gasteiger charge is 2.44. The predicted molar refractivity (Wildman–Crippen MR) is 74.3 cm³/mol. The van der Waals surface area contributed by atoms with Crippen LogP contribution in [-0.4, -0.2) is 19.6 Å². The fourth-order valence-electron chi connectivity index (χ4n) is 2.31. The molecule has 1 aliphatic carbocycles. The summed E-state index contributed by atoms with van der Waals surface area (Å²) < 4.78 is 0. The number of anilines is 1. The van der Waals surface area contributed by atoms with Gasteiger partial charge in [-0.15, -0.1) is 0 Å². The summed E-state index contributed by atoms with van der Waals surface area (Å²) in [7, 11) is 0. The van der Waals surface area contributed by atoms with E-state index in [-0.39, 0.29) is 0 Å². The molecule has 0 unspecified atom stereocenters. The van der Waals surface area contributed by atoms with Gasteiger partial charge in [0.05, 0.1) is 0 Å². The van der Waals surface area contributed by atoms with Crippen molar-refractivity contribution in [3.8, 4) is 0 Å². The molecule has 0 heterocycles. The van der Waals surface area contributed by atoms with E-state index in [1.165, 1.54) is 25.1 Å². The van der Waals surface area contributed by atoms with Crippen LogP contribution >= 0.6 is 0 Å². The van der Waals surface area contributed by atoms with Gasteiger partial charge in [-0.05, 0) is 36.3 Å². The minimum absolute atomic E-state index is 0.618. The maximum Gasteiger partial charge on any atom is 0.0340 e. The average Bonchev–Trinajstić information content (AvgIpc) is 3.11. The molecule has 0 aromatic heterocycles. The summed E-state index contributed by atoms with van der Waals surface area (Å²) in [4.78, 5) is 0. The normalized spacial score (nSPS) is 17.1. The second-order valence-corrected chi connectivity index (χ2v) is 5.49. The summed E-state index contributed by atoms with van der Waals surface area (Å²) in [6.45, 7) is 7.91. The molecule has 0 radical (unpaired) electrons. The number of rotatable bonds is 7. The molecule has 1 saturated carbocycles. The quantitative estimate of drug-likeness (QED) is 0.706. The minimum Gasteiger partial charge on any atom is -0.384 e. The molecule has 2 N–H and O–H groups in total. The monoisotopic (exact) mass is 232 g/mol. The fourth-order valence-corrected chi connectivity index (χ4v) is 2.31. The highest BCUT2D eigenvalue weighted by Crippen LogP contribution is 2.51. The minimum atomic E-state index is 0.618. The lowest BCUT2D eigenvalue weighted by Crippen LogP contribution is -2.31. The standard InChI is InChI=1S/C15H24N2/c1-13(2)15(8-9-15)12-16-10-11-17-14-6-4-3-5-7-14/h3-7,13,16-17H,8-12H2,1-2H3. The number of benzene rings is 1. The van der Waals surface area contributed by atoms with Gasteiger partial charge in [-0.25, -0.2) is 0 Å². The summed E-state index contributed by atoms with van der Waals surface area (Å²) in [5.74, 6) is 0.817. The van der Waals surface area contributed by atoms with E-state index in [0.29, 0.717) is 5.41 Å². The van der Waals surface area contributed by atoms with Crippen LogP contribution in [-0.2, 0) is 0 Å². The molecule has 2 rings (SSSR count). The molecule has 17 heavy (non-hydrogen) atoms. The Balaban J connectivity index is 1.58. The van der Waals surface area contributed by atoms with E-state index in [1.54, 1.807) is 0 Å². The summed E-state index contributed by atoms with van der Waals surface area (Å²) in [5.41, 5.74) is 1.83. The van der Waals surface area contributed by atoms with Crippen molar-refractivity contribution in [1.82, 2.24) is 5.32 Å². The number of nitrogens with one attached hydrogen (secondary N) is 2. The Morgan fingerprint density at radius 2 is 1.82 bits per heavy atom. The smallest absolute Gasteiger partial charge is 0.0340 e. The van der Waals surface area contributed by atoms with Crippen LogP contribution in [0.4, 0.5) is 5.69 Å². The van der Waals surface area contributed by atoms with Crippen molar-refractivity contribution in [2.75, 3.05) is 25.0 Å². The van der Waals surface area contributed by atoms with Crippen LogP contribution < -0.4 is 10.6 Å². The molecule has 1 aliphatic rings. The predicted octanol–water partition coefficient (Wildman–Crippen LogP) is 3.12. The number of para-hydroxylation sites is 1. The lowest BCUT2D eigenvalue weighted by Gasteiger charge is -2.20. The first kappa shape index (κ1) is 12.4. The van der Waals surface area contributed by atoms with E-state index in [2.05, 4.69) is 48.7 Å². The van der Waals surface area contributed by atoms with Crippen molar-refractivity contribution in [3.63, 3.8) is 0 Å². The Morgan fingerprint density at radius 1 is 1.12 bits per heavy atom. The van der Waals surface area contributed by atoms with Gasteiger partial charge in [-0.2, -0.15) is 0 Å². The molecule has 1 aromatic rings. The van der Waals surface area contributed by atoms with E-state index in [9.17, 15) is 0 Å². The Morgan fingerprint density at radius 3 is 2.41 bits per heavy atom. The van der Waals surface area contributed by atoms with Crippen molar-refractivity contribution >= 4 is 5.69 Å². The molecular weight excluding hydrogens is 208 g/mol. The second-order valence-electron chi connectivity index (χ2n) is 5.49. The van der Waals surface area contributed by atoms with Gasteiger partial charge in [0.15, 0.2) is 0 Å². The number of hydrogen-bond acceptors (Lipinski definition) is 2. The molecule has 0 amide bonds. The molecule has 2 nitrogen and oxygen atoms in total. The van der Waals surface area contributed by atoms with E-state index >= 15 is 0 Å². The molecular formula is C15H24N2. The van der Waals surface area contributed by atoms with Gasteiger partial charge in [-0.3, -0.25) is 0 Å². The third kappa shape index (κ3) is 3.47. The first-order chi connectivity index (χ1) is 8.23. The molecule has 0 saturated heterocycles. The highest BCUT2D eigenvalue weighted by molar-refractivity contribution is 5.42. The SMILES string of the molecule is CC(C)C1(CNCCNc2ccccc2)CC1. The lowest BCUT2D eigenvalue weighted by atomic mass is 9.92. The summed E-state index contributed by atoms with van der Waals surface area (Å²) >= 11 is 0. The van der Waals surface area contributed by atoms with Gasteiger partial charge in [-0.1, -0.05) is 32.0 Å². The molecule has 1 fully saturated rings. The largest absolute Gasteiger partial charge is 0.384 e. The molecule has 0 spiro atoms. The van der Waals surface area contributed by atoms with Crippen LogP contribution in [0.3, 0.4) is 0 Å². The summed E-state index contributed by atoms with van der Waals surface area (Å²) in [6, 6.07) is 10.4. The maximum atomic E-state index is 3.58. The average molecular weight is 232 g/mol. The Kier molecular flexibility index (Phi) is 4.06. The van der Waals surface area contributed by atoms with Crippen LogP contribution in [0.2, 0.25) is 0 Å². The maximum absolute atomic E-state index is 3.58. The second kappa shape index (κ2) is 5.54. The topological polar surface area (TPSA) is 24.1 Å².